The molecule has 37 heavy (non-hydrogen) atoms. The third-order valence-corrected chi connectivity index (χ3v) is 8.87. The molecule has 4 aliphatic rings. The molecule has 0 bridgehead atoms. The molecule has 3 fully saturated rings. The maximum absolute atomic E-state index is 12.8. The quantitative estimate of drug-likeness (QED) is 0.253. The van der Waals surface area contributed by atoms with Gasteiger partial charge in [0.25, 0.3) is 0 Å². The predicted molar refractivity (Wildman–Crippen MR) is 128 cm³/mol. The minimum atomic E-state index is -1.94. The summed E-state index contributed by atoms with van der Waals surface area (Å²) in [5.41, 5.74) is -3.09. The molecule has 1 spiro atoms. The molecule has 2 saturated heterocycles. The fraction of sp³-hybridized carbons (Fsp3) is 0.778. The van der Waals surface area contributed by atoms with E-state index in [0.29, 0.717) is 32.3 Å². The number of esters is 4. The highest BCUT2D eigenvalue weighted by atomic mass is 16.6. The topological polar surface area (TPSA) is 138 Å². The summed E-state index contributed by atoms with van der Waals surface area (Å²) >= 11 is 0. The second kappa shape index (κ2) is 9.69. The van der Waals surface area contributed by atoms with Crippen LogP contribution in [0.1, 0.15) is 73.6 Å². The molecule has 0 radical (unpaired) electrons. The lowest BCUT2D eigenvalue weighted by Gasteiger charge is -2.56. The van der Waals surface area contributed by atoms with Crippen molar-refractivity contribution in [2.75, 3.05) is 6.61 Å². The van der Waals surface area contributed by atoms with E-state index in [1.54, 1.807) is 19.9 Å². The van der Waals surface area contributed by atoms with Gasteiger partial charge in [-0.2, -0.15) is 0 Å². The first-order valence-electron chi connectivity index (χ1n) is 13.1. The summed E-state index contributed by atoms with van der Waals surface area (Å²) in [6.07, 6.45) is -0.246. The van der Waals surface area contributed by atoms with Crippen LogP contribution in [0, 0.1) is 17.3 Å². The van der Waals surface area contributed by atoms with Crippen LogP contribution >= 0.6 is 0 Å². The van der Waals surface area contributed by atoms with Crippen LogP contribution in [-0.4, -0.2) is 71.2 Å². The van der Waals surface area contributed by atoms with Crippen LogP contribution in [0.5, 0.6) is 0 Å². The lowest BCUT2D eigenvalue weighted by atomic mass is 9.52. The van der Waals surface area contributed by atoms with Gasteiger partial charge in [-0.15, -0.1) is 0 Å². The Hall–Kier alpha value is -2.46. The molecule has 1 saturated carbocycles. The molecule has 2 heterocycles. The number of aliphatic hydroxyl groups is 1. The highest BCUT2D eigenvalue weighted by molar-refractivity contribution is 5.77. The average Bonchev–Trinajstić information content (AvgIpc) is 3.55. The number of ether oxygens (including phenoxy) is 5. The van der Waals surface area contributed by atoms with Crippen LogP contribution in [-0.2, 0) is 42.9 Å². The zero-order chi connectivity index (χ0) is 27.3. The van der Waals surface area contributed by atoms with Crippen LogP contribution < -0.4 is 0 Å². The summed E-state index contributed by atoms with van der Waals surface area (Å²) in [5.74, 6) is -4.00. The van der Waals surface area contributed by atoms with Gasteiger partial charge < -0.3 is 28.8 Å². The molecule has 2 aliphatic heterocycles. The predicted octanol–water partition coefficient (Wildman–Crippen LogP) is 2.39. The SMILES string of the molecule is CCC(=O)O[C@@H]1CC/C(C)=C\[C@@H]2OC(=O)[C@H](C)[C@@]2(O)[C@H](OC(C)=O)[C@H]2[C@]3(CC[C@H](OC(C)=O)[C@]12C)CO3. The Kier molecular flexibility index (Phi) is 7.22. The fourth-order valence-electron chi connectivity index (χ4n) is 6.80. The summed E-state index contributed by atoms with van der Waals surface area (Å²) in [7, 11) is 0. The fourth-order valence-corrected chi connectivity index (χ4v) is 6.80. The second-order valence-corrected chi connectivity index (χ2v) is 11.2. The van der Waals surface area contributed by atoms with Crippen molar-refractivity contribution in [3.63, 3.8) is 0 Å². The molecule has 4 rings (SSSR count). The number of epoxide rings is 1. The van der Waals surface area contributed by atoms with Crippen molar-refractivity contribution in [2.45, 2.75) is 109 Å². The van der Waals surface area contributed by atoms with Crippen LogP contribution in [0.4, 0.5) is 0 Å². The molecule has 0 aromatic heterocycles. The van der Waals surface area contributed by atoms with Gasteiger partial charge in [-0.25, -0.2) is 0 Å². The Morgan fingerprint density at radius 1 is 1.11 bits per heavy atom. The Labute approximate surface area is 217 Å². The molecule has 1 N–H and O–H groups in total. The summed E-state index contributed by atoms with van der Waals surface area (Å²) in [4.78, 5) is 50.3. The van der Waals surface area contributed by atoms with E-state index >= 15 is 0 Å². The zero-order valence-electron chi connectivity index (χ0n) is 22.4. The van der Waals surface area contributed by atoms with Crippen molar-refractivity contribution >= 4 is 23.9 Å². The third kappa shape index (κ3) is 4.56. The number of fused-ring (bicyclic) bond motifs is 3. The minimum absolute atomic E-state index is 0.144. The van der Waals surface area contributed by atoms with Crippen molar-refractivity contribution in [1.29, 1.82) is 0 Å². The molecule has 206 valence electrons. The molecule has 10 heteroatoms. The van der Waals surface area contributed by atoms with Crippen molar-refractivity contribution in [2.24, 2.45) is 17.3 Å². The molecule has 0 aromatic rings. The van der Waals surface area contributed by atoms with Gasteiger partial charge in [0.05, 0.1) is 23.5 Å². The van der Waals surface area contributed by atoms with Gasteiger partial charge in [-0.1, -0.05) is 19.4 Å². The van der Waals surface area contributed by atoms with Gasteiger partial charge in [-0.05, 0) is 45.6 Å². The van der Waals surface area contributed by atoms with E-state index in [9.17, 15) is 24.3 Å². The van der Waals surface area contributed by atoms with Crippen molar-refractivity contribution in [3.05, 3.63) is 11.6 Å². The molecule has 0 unspecified atom stereocenters. The summed E-state index contributed by atoms with van der Waals surface area (Å²) in [6, 6.07) is 0. The average molecular weight is 523 g/mol. The first-order chi connectivity index (χ1) is 17.3. The molecule has 0 aromatic carbocycles. The summed E-state index contributed by atoms with van der Waals surface area (Å²) in [6.45, 7) is 9.81. The third-order valence-electron chi connectivity index (χ3n) is 8.87. The number of hydrogen-bond acceptors (Lipinski definition) is 10. The van der Waals surface area contributed by atoms with Crippen LogP contribution in [0.2, 0.25) is 0 Å². The number of hydrogen-bond donors (Lipinski definition) is 1. The zero-order valence-corrected chi connectivity index (χ0v) is 22.4. The number of allylic oxidation sites excluding steroid dienone is 1. The van der Waals surface area contributed by atoms with Crippen molar-refractivity contribution < 1.29 is 48.0 Å². The lowest BCUT2D eigenvalue weighted by molar-refractivity contribution is -0.242. The summed E-state index contributed by atoms with van der Waals surface area (Å²) < 4.78 is 29.5. The van der Waals surface area contributed by atoms with Crippen LogP contribution in [0.15, 0.2) is 11.6 Å². The molecular weight excluding hydrogens is 484 g/mol. The highest BCUT2D eigenvalue weighted by Gasteiger charge is 2.74. The van der Waals surface area contributed by atoms with E-state index in [-0.39, 0.29) is 6.42 Å². The molecule has 2 aliphatic carbocycles. The standard InChI is InChI=1S/C27H38O10/c1-7-21(30)36-18-9-8-14(2)12-20-27(32,15(3)24(31)37-20)23(35-17(5)29)22-25(18,6)19(34-16(4)28)10-11-26(22)13-33-26/h12,15,18-20,22-23,32H,7-11,13H2,1-6H3/b14-12-/t15-,18+,19-,20-,22+,23+,25-,26-,27-/m0/s1. The van der Waals surface area contributed by atoms with Crippen LogP contribution in [0.3, 0.4) is 0 Å². The largest absolute Gasteiger partial charge is 0.462 e. The lowest BCUT2D eigenvalue weighted by Crippen LogP contribution is -2.69. The monoisotopic (exact) mass is 522 g/mol. The van der Waals surface area contributed by atoms with Gasteiger partial charge in [0.15, 0.2) is 11.7 Å². The van der Waals surface area contributed by atoms with Gasteiger partial charge in [0.1, 0.15) is 18.3 Å². The van der Waals surface area contributed by atoms with Gasteiger partial charge in [-0.3, -0.25) is 19.2 Å². The number of carbonyl (C=O) groups excluding carboxylic acids is 4. The van der Waals surface area contributed by atoms with Crippen LogP contribution in [0.25, 0.3) is 0 Å². The Bertz CT molecular complexity index is 999. The second-order valence-electron chi connectivity index (χ2n) is 11.2. The Morgan fingerprint density at radius 2 is 1.73 bits per heavy atom. The van der Waals surface area contributed by atoms with Gasteiger partial charge in [0.2, 0.25) is 0 Å². The van der Waals surface area contributed by atoms with E-state index in [4.69, 9.17) is 23.7 Å². The molecule has 10 nitrogen and oxygen atoms in total. The van der Waals surface area contributed by atoms with Gasteiger partial charge >= 0.3 is 23.9 Å². The van der Waals surface area contributed by atoms with Crippen molar-refractivity contribution in [3.8, 4) is 0 Å². The van der Waals surface area contributed by atoms with E-state index < -0.39 is 76.7 Å². The minimum Gasteiger partial charge on any atom is -0.462 e. The van der Waals surface area contributed by atoms with E-state index in [1.165, 1.54) is 13.8 Å². The smallest absolute Gasteiger partial charge is 0.312 e. The van der Waals surface area contributed by atoms with E-state index in [0.717, 1.165) is 5.57 Å². The maximum atomic E-state index is 12.8. The van der Waals surface area contributed by atoms with Crippen molar-refractivity contribution in [1.82, 2.24) is 0 Å². The van der Waals surface area contributed by atoms with E-state index in [1.807, 2.05) is 13.8 Å². The molecule has 9 atom stereocenters. The van der Waals surface area contributed by atoms with Gasteiger partial charge in [0, 0.05) is 26.2 Å². The molecule has 0 amide bonds. The first-order valence-corrected chi connectivity index (χ1v) is 13.1. The highest BCUT2D eigenvalue weighted by Crippen LogP contribution is 2.62. The maximum Gasteiger partial charge on any atom is 0.312 e. The summed E-state index contributed by atoms with van der Waals surface area (Å²) in [5, 5.41) is 12.4. The molecular formula is C27H38O10. The normalized spacial score (nSPS) is 44.4. The van der Waals surface area contributed by atoms with E-state index in [2.05, 4.69) is 0 Å². The number of carbonyl (C=O) groups is 4. The first kappa shape index (κ1) is 27.6. The Morgan fingerprint density at radius 3 is 2.30 bits per heavy atom. The Balaban J connectivity index is 1.99. The number of rotatable bonds is 4.